The van der Waals surface area contributed by atoms with E-state index in [4.69, 9.17) is 4.74 Å². The standard InChI is InChI=1S/C19H17FN2O2/c1-2-24-19(23)17-12-22-18(16-6-4-3-5-15(16)17)21-11-13-7-9-14(20)10-8-13/h3-10,12H,2,11H2,1H3,(H,21,22). The third-order valence-corrected chi connectivity index (χ3v) is 3.66. The van der Waals surface area contributed by atoms with Crippen LogP contribution in [0.3, 0.4) is 0 Å². The molecule has 3 aromatic rings. The summed E-state index contributed by atoms with van der Waals surface area (Å²) in [4.78, 5) is 16.4. The van der Waals surface area contributed by atoms with E-state index >= 15 is 0 Å². The quantitative estimate of drug-likeness (QED) is 0.716. The van der Waals surface area contributed by atoms with Crippen LogP contribution in [0.5, 0.6) is 0 Å². The highest BCUT2D eigenvalue weighted by molar-refractivity contribution is 6.07. The zero-order chi connectivity index (χ0) is 16.9. The summed E-state index contributed by atoms with van der Waals surface area (Å²) in [6, 6.07) is 13.8. The third-order valence-electron chi connectivity index (χ3n) is 3.66. The molecule has 0 unspecified atom stereocenters. The van der Waals surface area contributed by atoms with E-state index in [0.717, 1.165) is 16.3 Å². The fourth-order valence-electron chi connectivity index (χ4n) is 2.49. The maximum absolute atomic E-state index is 13.0. The van der Waals surface area contributed by atoms with E-state index in [1.807, 2.05) is 24.3 Å². The molecular formula is C19H17FN2O2. The van der Waals surface area contributed by atoms with Gasteiger partial charge < -0.3 is 10.1 Å². The molecule has 0 aliphatic heterocycles. The van der Waals surface area contributed by atoms with Crippen LogP contribution >= 0.6 is 0 Å². The van der Waals surface area contributed by atoms with Gasteiger partial charge in [0.15, 0.2) is 0 Å². The first-order chi connectivity index (χ1) is 11.7. The van der Waals surface area contributed by atoms with Gasteiger partial charge in [-0.15, -0.1) is 0 Å². The number of halogens is 1. The number of ether oxygens (including phenoxy) is 1. The smallest absolute Gasteiger partial charge is 0.340 e. The SMILES string of the molecule is CCOC(=O)c1cnc(NCc2ccc(F)cc2)c2ccccc12. The van der Waals surface area contributed by atoms with Gasteiger partial charge in [0.1, 0.15) is 11.6 Å². The van der Waals surface area contributed by atoms with E-state index in [1.54, 1.807) is 19.1 Å². The molecule has 0 bridgehead atoms. The second-order valence-electron chi connectivity index (χ2n) is 5.27. The molecule has 1 heterocycles. The van der Waals surface area contributed by atoms with Gasteiger partial charge in [0.25, 0.3) is 0 Å². The lowest BCUT2D eigenvalue weighted by atomic mass is 10.1. The Labute approximate surface area is 139 Å². The Kier molecular flexibility index (Phi) is 4.70. The van der Waals surface area contributed by atoms with Gasteiger partial charge in [-0.3, -0.25) is 0 Å². The first-order valence-electron chi connectivity index (χ1n) is 7.72. The second-order valence-corrected chi connectivity index (χ2v) is 5.27. The van der Waals surface area contributed by atoms with Crippen molar-refractivity contribution in [1.29, 1.82) is 0 Å². The topological polar surface area (TPSA) is 51.2 Å². The Bertz CT molecular complexity index is 863. The zero-order valence-electron chi connectivity index (χ0n) is 13.3. The number of carbonyl (C=O) groups excluding carboxylic acids is 1. The molecule has 24 heavy (non-hydrogen) atoms. The molecule has 2 aromatic carbocycles. The Hall–Kier alpha value is -2.95. The van der Waals surface area contributed by atoms with E-state index in [9.17, 15) is 9.18 Å². The molecule has 0 fully saturated rings. The number of esters is 1. The minimum atomic E-state index is -0.383. The van der Waals surface area contributed by atoms with Gasteiger partial charge >= 0.3 is 5.97 Å². The summed E-state index contributed by atoms with van der Waals surface area (Å²) in [7, 11) is 0. The maximum Gasteiger partial charge on any atom is 0.340 e. The van der Waals surface area contributed by atoms with Crippen molar-refractivity contribution in [3.8, 4) is 0 Å². The minimum absolute atomic E-state index is 0.263. The Morgan fingerprint density at radius 1 is 1.12 bits per heavy atom. The van der Waals surface area contributed by atoms with Crippen LogP contribution < -0.4 is 5.32 Å². The first-order valence-corrected chi connectivity index (χ1v) is 7.72. The van der Waals surface area contributed by atoms with Gasteiger partial charge in [-0.2, -0.15) is 0 Å². The van der Waals surface area contributed by atoms with Crippen LogP contribution in [-0.4, -0.2) is 17.6 Å². The van der Waals surface area contributed by atoms with Gasteiger partial charge in [0.2, 0.25) is 0 Å². The predicted octanol–water partition coefficient (Wildman–Crippen LogP) is 4.16. The molecule has 0 saturated heterocycles. The maximum atomic E-state index is 13.0. The number of aromatic nitrogens is 1. The van der Waals surface area contributed by atoms with E-state index in [0.29, 0.717) is 24.5 Å². The number of pyridine rings is 1. The van der Waals surface area contributed by atoms with Gasteiger partial charge in [-0.1, -0.05) is 36.4 Å². The fourth-order valence-corrected chi connectivity index (χ4v) is 2.49. The molecule has 5 heteroatoms. The van der Waals surface area contributed by atoms with Crippen LogP contribution in [0.15, 0.2) is 54.7 Å². The predicted molar refractivity (Wildman–Crippen MR) is 91.4 cm³/mol. The Morgan fingerprint density at radius 3 is 2.54 bits per heavy atom. The van der Waals surface area contributed by atoms with E-state index in [1.165, 1.54) is 18.3 Å². The van der Waals surface area contributed by atoms with Crippen LogP contribution in [0.2, 0.25) is 0 Å². The normalized spacial score (nSPS) is 10.6. The highest BCUT2D eigenvalue weighted by Gasteiger charge is 2.14. The fraction of sp³-hybridized carbons (Fsp3) is 0.158. The van der Waals surface area contributed by atoms with Gasteiger partial charge in [-0.25, -0.2) is 14.2 Å². The summed E-state index contributed by atoms with van der Waals surface area (Å²) in [6.07, 6.45) is 1.52. The summed E-state index contributed by atoms with van der Waals surface area (Å²) in [5.74, 6) is 0.0235. The molecule has 3 rings (SSSR count). The lowest BCUT2D eigenvalue weighted by Crippen LogP contribution is -2.08. The van der Waals surface area contributed by atoms with E-state index < -0.39 is 0 Å². The van der Waals surface area contributed by atoms with Crippen LogP contribution in [0.1, 0.15) is 22.8 Å². The van der Waals surface area contributed by atoms with Crippen LogP contribution in [0.25, 0.3) is 10.8 Å². The highest BCUT2D eigenvalue weighted by Crippen LogP contribution is 2.25. The molecule has 1 aromatic heterocycles. The number of hydrogen-bond donors (Lipinski definition) is 1. The number of rotatable bonds is 5. The molecule has 0 radical (unpaired) electrons. The zero-order valence-corrected chi connectivity index (χ0v) is 13.3. The largest absolute Gasteiger partial charge is 0.462 e. The summed E-state index contributed by atoms with van der Waals surface area (Å²) >= 11 is 0. The number of nitrogens with zero attached hydrogens (tertiary/aromatic N) is 1. The monoisotopic (exact) mass is 324 g/mol. The molecule has 4 nitrogen and oxygen atoms in total. The Balaban J connectivity index is 1.90. The van der Waals surface area contributed by atoms with Crippen molar-refractivity contribution in [1.82, 2.24) is 4.98 Å². The van der Waals surface area contributed by atoms with Gasteiger partial charge in [0, 0.05) is 23.5 Å². The molecule has 0 atom stereocenters. The Morgan fingerprint density at radius 2 is 1.83 bits per heavy atom. The molecule has 0 aliphatic carbocycles. The molecule has 0 aliphatic rings. The molecule has 0 saturated carbocycles. The number of hydrogen-bond acceptors (Lipinski definition) is 4. The van der Waals surface area contributed by atoms with Crippen molar-refractivity contribution in [2.75, 3.05) is 11.9 Å². The van der Waals surface area contributed by atoms with Crippen molar-refractivity contribution in [3.63, 3.8) is 0 Å². The lowest BCUT2D eigenvalue weighted by Gasteiger charge is -2.11. The average molecular weight is 324 g/mol. The summed E-state index contributed by atoms with van der Waals surface area (Å²) in [5, 5.41) is 4.86. The summed E-state index contributed by atoms with van der Waals surface area (Å²) < 4.78 is 18.0. The summed E-state index contributed by atoms with van der Waals surface area (Å²) in [5.41, 5.74) is 1.39. The third kappa shape index (κ3) is 3.35. The number of benzene rings is 2. The molecule has 122 valence electrons. The average Bonchev–Trinajstić information content (AvgIpc) is 2.61. The molecule has 1 N–H and O–H groups in total. The molecule has 0 amide bonds. The number of carbonyl (C=O) groups is 1. The van der Waals surface area contributed by atoms with E-state index in [-0.39, 0.29) is 11.8 Å². The number of anilines is 1. The second kappa shape index (κ2) is 7.08. The van der Waals surface area contributed by atoms with Crippen molar-refractivity contribution < 1.29 is 13.9 Å². The minimum Gasteiger partial charge on any atom is -0.462 e. The van der Waals surface area contributed by atoms with Crippen molar-refractivity contribution >= 4 is 22.6 Å². The summed E-state index contributed by atoms with van der Waals surface area (Å²) in [6.45, 7) is 2.60. The lowest BCUT2D eigenvalue weighted by molar-refractivity contribution is 0.0528. The molecular weight excluding hydrogens is 307 g/mol. The first kappa shape index (κ1) is 15.9. The van der Waals surface area contributed by atoms with E-state index in [2.05, 4.69) is 10.3 Å². The van der Waals surface area contributed by atoms with Crippen LogP contribution in [0, 0.1) is 5.82 Å². The van der Waals surface area contributed by atoms with Crippen LogP contribution in [0.4, 0.5) is 10.2 Å². The van der Waals surface area contributed by atoms with Crippen molar-refractivity contribution in [3.05, 3.63) is 71.7 Å². The molecule has 0 spiro atoms. The highest BCUT2D eigenvalue weighted by atomic mass is 19.1. The number of nitrogens with one attached hydrogen (secondary N) is 1. The van der Waals surface area contributed by atoms with Crippen molar-refractivity contribution in [2.45, 2.75) is 13.5 Å². The van der Waals surface area contributed by atoms with Gasteiger partial charge in [0.05, 0.1) is 12.2 Å². The number of fused-ring (bicyclic) bond motifs is 1. The van der Waals surface area contributed by atoms with Crippen molar-refractivity contribution in [2.24, 2.45) is 0 Å². The van der Waals surface area contributed by atoms with Crippen LogP contribution in [-0.2, 0) is 11.3 Å². The van der Waals surface area contributed by atoms with Gasteiger partial charge in [-0.05, 0) is 24.6 Å².